The SMILES string of the molecule is O=[N+]([O-])c1ccccc1S(=O)(=O)N[C@H]1CCN(CC2CC2)C1. The van der Waals surface area contributed by atoms with Crippen LogP contribution in [-0.4, -0.2) is 43.9 Å². The van der Waals surface area contributed by atoms with Gasteiger partial charge in [0.05, 0.1) is 4.92 Å². The molecule has 0 aromatic heterocycles. The van der Waals surface area contributed by atoms with E-state index in [9.17, 15) is 18.5 Å². The molecule has 1 atom stereocenters. The van der Waals surface area contributed by atoms with E-state index in [0.29, 0.717) is 6.54 Å². The number of hydrogen-bond donors (Lipinski definition) is 1. The van der Waals surface area contributed by atoms with Crippen molar-refractivity contribution in [2.24, 2.45) is 5.92 Å². The minimum absolute atomic E-state index is 0.177. The van der Waals surface area contributed by atoms with Crippen LogP contribution in [0.2, 0.25) is 0 Å². The summed E-state index contributed by atoms with van der Waals surface area (Å²) in [5.74, 6) is 0.769. The summed E-state index contributed by atoms with van der Waals surface area (Å²) in [4.78, 5) is 12.3. The Morgan fingerprint density at radius 3 is 2.68 bits per heavy atom. The lowest BCUT2D eigenvalue weighted by Gasteiger charge is -2.16. The largest absolute Gasteiger partial charge is 0.301 e. The Morgan fingerprint density at radius 2 is 2.00 bits per heavy atom. The topological polar surface area (TPSA) is 92.5 Å². The van der Waals surface area contributed by atoms with Crippen LogP contribution in [0.4, 0.5) is 5.69 Å². The van der Waals surface area contributed by atoms with Gasteiger partial charge in [-0.2, -0.15) is 0 Å². The average Bonchev–Trinajstić information content (AvgIpc) is 3.18. The van der Waals surface area contributed by atoms with Gasteiger partial charge in [0, 0.05) is 25.2 Å². The molecule has 2 fully saturated rings. The summed E-state index contributed by atoms with van der Waals surface area (Å²) in [6, 6.07) is 5.27. The van der Waals surface area contributed by atoms with Crippen molar-refractivity contribution in [3.63, 3.8) is 0 Å². The first kappa shape index (κ1) is 15.4. The predicted molar refractivity (Wildman–Crippen MR) is 81.0 cm³/mol. The molecule has 22 heavy (non-hydrogen) atoms. The summed E-state index contributed by atoms with van der Waals surface area (Å²) in [5, 5.41) is 11.0. The van der Waals surface area contributed by atoms with Crippen LogP contribution in [0.25, 0.3) is 0 Å². The van der Waals surface area contributed by atoms with Crippen molar-refractivity contribution in [1.29, 1.82) is 0 Å². The second-order valence-electron chi connectivity index (χ2n) is 6.03. The van der Waals surface area contributed by atoms with Crippen molar-refractivity contribution < 1.29 is 13.3 Å². The summed E-state index contributed by atoms with van der Waals surface area (Å²) in [5.41, 5.74) is -0.386. The van der Waals surface area contributed by atoms with Crippen molar-refractivity contribution >= 4 is 15.7 Å². The molecule has 3 rings (SSSR count). The monoisotopic (exact) mass is 325 g/mol. The normalized spacial score (nSPS) is 22.8. The molecule has 0 bridgehead atoms. The minimum atomic E-state index is -3.87. The van der Waals surface area contributed by atoms with Crippen LogP contribution in [0.5, 0.6) is 0 Å². The highest BCUT2D eigenvalue weighted by Crippen LogP contribution is 2.31. The third-order valence-corrected chi connectivity index (χ3v) is 5.73. The Morgan fingerprint density at radius 1 is 1.27 bits per heavy atom. The first-order valence-electron chi connectivity index (χ1n) is 7.44. The number of likely N-dealkylation sites (tertiary alicyclic amines) is 1. The molecule has 1 aliphatic heterocycles. The van der Waals surface area contributed by atoms with Gasteiger partial charge >= 0.3 is 0 Å². The molecule has 8 heteroatoms. The number of nitro benzene ring substituents is 1. The molecular formula is C14H19N3O4S. The van der Waals surface area contributed by atoms with E-state index in [4.69, 9.17) is 0 Å². The second kappa shape index (κ2) is 5.94. The molecule has 1 N–H and O–H groups in total. The third kappa shape index (κ3) is 3.45. The number of hydrogen-bond acceptors (Lipinski definition) is 5. The zero-order valence-electron chi connectivity index (χ0n) is 12.1. The van der Waals surface area contributed by atoms with E-state index in [1.807, 2.05) is 0 Å². The van der Waals surface area contributed by atoms with Crippen LogP contribution in [-0.2, 0) is 10.0 Å². The highest BCUT2D eigenvalue weighted by molar-refractivity contribution is 7.89. The van der Waals surface area contributed by atoms with E-state index < -0.39 is 14.9 Å². The summed E-state index contributed by atoms with van der Waals surface area (Å²) in [6.07, 6.45) is 3.28. The Kier molecular flexibility index (Phi) is 4.16. The standard InChI is InChI=1S/C14H19N3O4S/c18-17(19)13-3-1-2-4-14(13)22(20,21)15-12-7-8-16(10-12)9-11-5-6-11/h1-4,11-12,15H,5-10H2/t12-/m0/s1. The molecule has 0 radical (unpaired) electrons. The highest BCUT2D eigenvalue weighted by atomic mass is 32.2. The van der Waals surface area contributed by atoms with Crippen LogP contribution in [0, 0.1) is 16.0 Å². The molecule has 1 heterocycles. The number of nitrogens with zero attached hydrogens (tertiary/aromatic N) is 2. The minimum Gasteiger partial charge on any atom is -0.301 e. The van der Waals surface area contributed by atoms with Gasteiger partial charge in [-0.15, -0.1) is 0 Å². The Hall–Kier alpha value is -1.51. The van der Waals surface area contributed by atoms with Crippen molar-refractivity contribution in [2.45, 2.75) is 30.2 Å². The van der Waals surface area contributed by atoms with E-state index >= 15 is 0 Å². The van der Waals surface area contributed by atoms with Crippen molar-refractivity contribution in [3.8, 4) is 0 Å². The van der Waals surface area contributed by atoms with Crippen molar-refractivity contribution in [2.75, 3.05) is 19.6 Å². The van der Waals surface area contributed by atoms with Crippen LogP contribution >= 0.6 is 0 Å². The van der Waals surface area contributed by atoms with Crippen LogP contribution in [0.3, 0.4) is 0 Å². The molecule has 0 spiro atoms. The number of nitrogens with one attached hydrogen (secondary N) is 1. The van der Waals surface area contributed by atoms with E-state index in [1.54, 1.807) is 0 Å². The fraction of sp³-hybridized carbons (Fsp3) is 0.571. The fourth-order valence-electron chi connectivity index (χ4n) is 2.88. The fourth-order valence-corrected chi connectivity index (χ4v) is 4.31. The molecule has 1 aromatic rings. The molecule has 2 aliphatic rings. The van der Waals surface area contributed by atoms with Crippen molar-refractivity contribution in [3.05, 3.63) is 34.4 Å². The number of para-hydroxylation sites is 1. The Balaban J connectivity index is 1.70. The first-order valence-corrected chi connectivity index (χ1v) is 8.92. The molecule has 7 nitrogen and oxygen atoms in total. The lowest BCUT2D eigenvalue weighted by molar-refractivity contribution is -0.387. The maximum absolute atomic E-state index is 12.4. The summed E-state index contributed by atoms with van der Waals surface area (Å²) < 4.78 is 27.5. The second-order valence-corrected chi connectivity index (χ2v) is 7.72. The molecule has 1 saturated carbocycles. The molecule has 1 saturated heterocycles. The van der Waals surface area contributed by atoms with Gasteiger partial charge in [-0.25, -0.2) is 13.1 Å². The molecular weight excluding hydrogens is 306 g/mol. The number of benzene rings is 1. The quantitative estimate of drug-likeness (QED) is 0.630. The van der Waals surface area contributed by atoms with Gasteiger partial charge in [0.1, 0.15) is 0 Å². The number of rotatable bonds is 6. The lowest BCUT2D eigenvalue weighted by Crippen LogP contribution is -2.37. The van der Waals surface area contributed by atoms with E-state index in [1.165, 1.54) is 37.1 Å². The van der Waals surface area contributed by atoms with Crippen LogP contribution < -0.4 is 4.72 Å². The van der Waals surface area contributed by atoms with E-state index in [2.05, 4.69) is 9.62 Å². The summed E-state index contributed by atoms with van der Waals surface area (Å²) >= 11 is 0. The van der Waals surface area contributed by atoms with Gasteiger partial charge in [-0.05, 0) is 37.8 Å². The zero-order chi connectivity index (χ0) is 15.7. The third-order valence-electron chi connectivity index (χ3n) is 4.16. The molecule has 0 amide bonds. The molecule has 0 unspecified atom stereocenters. The average molecular weight is 325 g/mol. The first-order chi connectivity index (χ1) is 10.5. The van der Waals surface area contributed by atoms with Crippen molar-refractivity contribution in [1.82, 2.24) is 9.62 Å². The molecule has 1 aliphatic carbocycles. The smallest absolute Gasteiger partial charge is 0.289 e. The van der Waals surface area contributed by atoms with Gasteiger partial charge in [-0.3, -0.25) is 10.1 Å². The van der Waals surface area contributed by atoms with E-state index in [0.717, 1.165) is 25.4 Å². The number of sulfonamides is 1. The Bertz CT molecular complexity index is 672. The summed E-state index contributed by atoms with van der Waals surface area (Å²) in [7, 11) is -3.87. The maximum Gasteiger partial charge on any atom is 0.289 e. The van der Waals surface area contributed by atoms with Gasteiger partial charge in [0.15, 0.2) is 4.90 Å². The van der Waals surface area contributed by atoms with Gasteiger partial charge in [0.25, 0.3) is 5.69 Å². The predicted octanol–water partition coefficient (Wildman–Crippen LogP) is 1.36. The summed E-state index contributed by atoms with van der Waals surface area (Å²) in [6.45, 7) is 2.58. The lowest BCUT2D eigenvalue weighted by atomic mass is 10.3. The number of nitro groups is 1. The molecule has 120 valence electrons. The van der Waals surface area contributed by atoms with Gasteiger partial charge < -0.3 is 4.90 Å². The Labute approximate surface area is 129 Å². The van der Waals surface area contributed by atoms with E-state index in [-0.39, 0.29) is 16.6 Å². The van der Waals surface area contributed by atoms with Gasteiger partial charge in [0.2, 0.25) is 10.0 Å². The van der Waals surface area contributed by atoms with Crippen LogP contribution in [0.15, 0.2) is 29.2 Å². The maximum atomic E-state index is 12.4. The highest BCUT2D eigenvalue weighted by Gasteiger charge is 2.33. The zero-order valence-corrected chi connectivity index (χ0v) is 13.0. The molecule has 1 aromatic carbocycles. The van der Waals surface area contributed by atoms with Gasteiger partial charge in [-0.1, -0.05) is 12.1 Å². The van der Waals surface area contributed by atoms with Crippen LogP contribution in [0.1, 0.15) is 19.3 Å².